The number of nitrogens with one attached hydrogen (secondary N) is 3. The Hall–Kier alpha value is -6.54. The number of anilines is 6. The normalized spacial score (nSPS) is 23.4. The monoisotopic (exact) mass is 908 g/mol. The predicted molar refractivity (Wildman–Crippen MR) is 241 cm³/mol. The number of benzene rings is 2. The largest absolute Gasteiger partial charge is 0.378 e. The van der Waals surface area contributed by atoms with E-state index < -0.39 is 57.0 Å². The van der Waals surface area contributed by atoms with Crippen LogP contribution in [0.2, 0.25) is 0 Å². The molecule has 4 atom stereocenters. The van der Waals surface area contributed by atoms with Gasteiger partial charge in [-0.05, 0) is 72.2 Å². The second-order valence-electron chi connectivity index (χ2n) is 17.4. The molecule has 3 N–H and O–H groups in total. The first-order chi connectivity index (χ1) is 31.1. The molecule has 2 unspecified atom stereocenters. The summed E-state index contributed by atoms with van der Waals surface area (Å²) >= 11 is 0. The molecule has 0 aliphatic carbocycles. The van der Waals surface area contributed by atoms with Crippen molar-refractivity contribution in [1.82, 2.24) is 25.2 Å². The van der Waals surface area contributed by atoms with E-state index in [9.17, 15) is 36.8 Å². The van der Waals surface area contributed by atoms with E-state index in [1.807, 2.05) is 30.9 Å². The zero-order valence-corrected chi connectivity index (χ0v) is 36.9. The first-order valence-electron chi connectivity index (χ1n) is 21.6. The Morgan fingerprint density at radius 2 is 1.72 bits per heavy atom. The van der Waals surface area contributed by atoms with Crippen LogP contribution in [0.15, 0.2) is 61.4 Å². The van der Waals surface area contributed by atoms with Gasteiger partial charge in [-0.1, -0.05) is 20.4 Å². The van der Waals surface area contributed by atoms with E-state index in [4.69, 9.17) is 9.72 Å². The van der Waals surface area contributed by atoms with Gasteiger partial charge in [-0.2, -0.15) is 4.98 Å². The highest BCUT2D eigenvalue weighted by molar-refractivity contribution is 7.92. The first-order valence-corrected chi connectivity index (χ1v) is 23.3. The highest BCUT2D eigenvalue weighted by atomic mass is 32.2. The van der Waals surface area contributed by atoms with Crippen LogP contribution in [0.1, 0.15) is 65.3 Å². The number of piperidine rings is 2. The fraction of sp³-hybridized carbons (Fsp3) is 0.422. The van der Waals surface area contributed by atoms with Gasteiger partial charge in [-0.15, -0.1) is 0 Å². The Bertz CT molecular complexity index is 2770. The lowest BCUT2D eigenvalue weighted by molar-refractivity contribution is -0.136. The maximum absolute atomic E-state index is 14.7. The number of amides is 5. The van der Waals surface area contributed by atoms with Crippen LogP contribution in [-0.2, 0) is 29.0 Å². The number of hydrogen-bond acceptors (Lipinski definition) is 15. The Labute approximate surface area is 374 Å². The molecular weight excluding hydrogens is 860 g/mol. The van der Waals surface area contributed by atoms with Crippen molar-refractivity contribution in [2.24, 2.45) is 5.92 Å². The maximum atomic E-state index is 14.7. The second kappa shape index (κ2) is 17.1. The summed E-state index contributed by atoms with van der Waals surface area (Å²) in [5.74, 6) is -1.92. The summed E-state index contributed by atoms with van der Waals surface area (Å²) in [5.41, 5.74) is 3.05. The van der Waals surface area contributed by atoms with Gasteiger partial charge in [0.05, 0.1) is 34.8 Å². The van der Waals surface area contributed by atoms with Crippen LogP contribution < -0.4 is 30.7 Å². The molecule has 0 spiro atoms. The Kier molecular flexibility index (Phi) is 11.5. The number of aromatic nitrogens is 3. The minimum atomic E-state index is -3.53. The van der Waals surface area contributed by atoms with E-state index in [0.717, 1.165) is 26.9 Å². The van der Waals surface area contributed by atoms with Gasteiger partial charge < -0.3 is 30.1 Å². The second-order valence-corrected chi connectivity index (χ2v) is 19.7. The van der Waals surface area contributed by atoms with Crippen LogP contribution in [0.4, 0.5) is 39.0 Å². The van der Waals surface area contributed by atoms with Crippen molar-refractivity contribution in [2.75, 3.05) is 77.5 Å². The molecule has 0 bridgehead atoms. The number of halogens is 1. The molecule has 0 radical (unpaired) electrons. The number of fused-ring (bicyclic) bond motifs is 2. The van der Waals surface area contributed by atoms with Crippen LogP contribution in [0.25, 0.3) is 10.8 Å². The summed E-state index contributed by atoms with van der Waals surface area (Å²) in [6, 6.07) is 9.19. The third-order valence-corrected chi connectivity index (χ3v) is 15.3. The van der Waals surface area contributed by atoms with Gasteiger partial charge in [-0.3, -0.25) is 34.2 Å². The average molecular weight is 909 g/mol. The smallest absolute Gasteiger partial charge is 0.262 e. The van der Waals surface area contributed by atoms with Crippen molar-refractivity contribution in [1.29, 1.82) is 0 Å². The maximum Gasteiger partial charge on any atom is 0.262 e. The fourth-order valence-corrected chi connectivity index (χ4v) is 11.6. The number of carbonyl (C=O) groups excluding carboxylic acids is 5. The number of alkyl halides is 1. The number of methoxy groups -OCH3 is 1. The first kappa shape index (κ1) is 43.7. The molecular formula is C45H49FN10O8S. The molecule has 65 heavy (non-hydrogen) atoms. The molecule has 4 saturated heterocycles. The standard InChI is InChI=1S/C45H49FN10O8S/c1-5-39(57)49-32-18-34(30-19-48-38(17-28(30)41(32)24(2)3)50-37-10-12-47-45(51-37)54-13-11-35(64-4)31(46)22-54)55-20-25(21-55)36-23-53(14-15-65(36,62)63)26-6-7-27-29(16-26)44(61)56(43(27)60)33-8-9-40(58)52-42(33)59/h5-7,10,12,16-19,24-25,31,33,35-36H,1,8-9,11,13-15,20-23H2,2-4H3,(H,49,57)(H,52,58,59)(H,47,48,50,51)/t31-,33?,35+,36?/m0/s1. The van der Waals surface area contributed by atoms with Crippen LogP contribution in [0.5, 0.6) is 0 Å². The highest BCUT2D eigenvalue weighted by Gasteiger charge is 2.47. The Morgan fingerprint density at radius 3 is 2.45 bits per heavy atom. The zero-order chi connectivity index (χ0) is 45.9. The van der Waals surface area contributed by atoms with E-state index in [0.29, 0.717) is 55.0 Å². The van der Waals surface area contributed by atoms with E-state index in [1.54, 1.807) is 35.5 Å². The van der Waals surface area contributed by atoms with Gasteiger partial charge in [0.15, 0.2) is 9.84 Å². The summed E-state index contributed by atoms with van der Waals surface area (Å²) < 4.78 is 47.5. The number of pyridine rings is 1. The minimum Gasteiger partial charge on any atom is -0.378 e. The molecule has 2 aromatic carbocycles. The summed E-state index contributed by atoms with van der Waals surface area (Å²) in [5, 5.41) is 9.33. The third kappa shape index (κ3) is 8.13. The molecule has 4 fully saturated rings. The van der Waals surface area contributed by atoms with Crippen molar-refractivity contribution >= 4 is 84.8 Å². The molecule has 20 heteroatoms. The van der Waals surface area contributed by atoms with Crippen molar-refractivity contribution in [3.05, 3.63) is 78.1 Å². The van der Waals surface area contributed by atoms with Crippen molar-refractivity contribution in [3.8, 4) is 0 Å². The van der Waals surface area contributed by atoms with Crippen LogP contribution in [0, 0.1) is 5.92 Å². The molecule has 4 aromatic rings. The fourth-order valence-electron chi connectivity index (χ4n) is 9.68. The number of ether oxygens (including phenoxy) is 1. The van der Waals surface area contributed by atoms with Gasteiger partial charge in [0.2, 0.25) is 23.7 Å². The number of rotatable bonds is 11. The molecule has 9 rings (SSSR count). The van der Waals surface area contributed by atoms with Gasteiger partial charge in [0, 0.05) is 87.0 Å². The molecule has 7 heterocycles. The summed E-state index contributed by atoms with van der Waals surface area (Å²) in [6.45, 7) is 9.46. The van der Waals surface area contributed by atoms with Gasteiger partial charge in [0.25, 0.3) is 11.8 Å². The minimum absolute atomic E-state index is 0.00607. The van der Waals surface area contributed by atoms with Crippen molar-refractivity contribution in [2.45, 2.75) is 62.6 Å². The number of imide groups is 2. The molecule has 0 saturated carbocycles. The number of carbonyl (C=O) groups is 5. The van der Waals surface area contributed by atoms with E-state index in [1.165, 1.54) is 19.3 Å². The quantitative estimate of drug-likeness (QED) is 0.144. The highest BCUT2D eigenvalue weighted by Crippen LogP contribution is 2.43. The molecule has 5 aliphatic heterocycles. The lowest BCUT2D eigenvalue weighted by Gasteiger charge is -2.47. The zero-order valence-electron chi connectivity index (χ0n) is 36.1. The Morgan fingerprint density at radius 1 is 0.938 bits per heavy atom. The van der Waals surface area contributed by atoms with Crippen LogP contribution in [-0.4, -0.2) is 134 Å². The summed E-state index contributed by atoms with van der Waals surface area (Å²) in [6.07, 6.45) is 3.43. The van der Waals surface area contributed by atoms with Crippen molar-refractivity contribution in [3.63, 3.8) is 0 Å². The lowest BCUT2D eigenvalue weighted by atomic mass is 9.90. The molecule has 5 amide bonds. The third-order valence-electron chi connectivity index (χ3n) is 13.1. The van der Waals surface area contributed by atoms with Crippen LogP contribution in [0.3, 0.4) is 0 Å². The summed E-state index contributed by atoms with van der Waals surface area (Å²) in [4.78, 5) is 84.5. The molecule has 2 aromatic heterocycles. The van der Waals surface area contributed by atoms with Crippen molar-refractivity contribution < 1.29 is 41.5 Å². The SMILES string of the molecule is C=CC(=O)Nc1cc(N2CC(C3CN(c4ccc5c(c4)C(=O)N(C4CCC(=O)NC4=O)C5=O)CCS3(=O)=O)C2)c2cnc(Nc3ccnc(N4CC[C@@H](OC)[C@@H](F)C4)n3)cc2c1C(C)C. The number of nitrogens with zero attached hydrogens (tertiary/aromatic N) is 7. The topological polar surface area (TPSA) is 216 Å². The van der Waals surface area contributed by atoms with E-state index in [2.05, 4.69) is 37.4 Å². The molecule has 340 valence electrons. The van der Waals surface area contributed by atoms with Gasteiger partial charge >= 0.3 is 0 Å². The molecule has 5 aliphatic rings. The van der Waals surface area contributed by atoms with E-state index in [-0.39, 0.29) is 67.1 Å². The molecule has 18 nitrogen and oxygen atoms in total. The van der Waals surface area contributed by atoms with Crippen LogP contribution >= 0.6 is 0 Å². The van der Waals surface area contributed by atoms with Gasteiger partial charge in [0.1, 0.15) is 23.8 Å². The number of hydrogen-bond donors (Lipinski definition) is 3. The Balaban J connectivity index is 0.958. The van der Waals surface area contributed by atoms with E-state index >= 15 is 0 Å². The van der Waals surface area contributed by atoms with Gasteiger partial charge in [-0.25, -0.2) is 22.8 Å². The lowest BCUT2D eigenvalue weighted by Crippen LogP contribution is -2.60. The number of sulfone groups is 1. The average Bonchev–Trinajstić information content (AvgIpc) is 3.51. The summed E-state index contributed by atoms with van der Waals surface area (Å²) in [7, 11) is -2.03. The predicted octanol–water partition coefficient (Wildman–Crippen LogP) is 3.72.